The summed E-state index contributed by atoms with van der Waals surface area (Å²) in [5.74, 6) is 0. The largest absolute Gasteiger partial charge is 0.380 e. The molecule has 0 aromatic carbocycles. The molecule has 1 aliphatic heterocycles. The van der Waals surface area contributed by atoms with Crippen LogP contribution in [0.15, 0.2) is 0 Å². The molecule has 1 atom stereocenters. The molecule has 0 saturated carbocycles. The molecular weight excluding hydrogens is 299 g/mol. The number of hydrogen-bond acceptors (Lipinski definition) is 4. The minimum atomic E-state index is 0.120. The Hall–Kier alpha value is -0.220. The topological polar surface area (TPSA) is 50.8 Å². The van der Waals surface area contributed by atoms with Crippen molar-refractivity contribution in [1.29, 1.82) is 0 Å². The lowest BCUT2D eigenvalue weighted by Crippen LogP contribution is -2.38. The molecule has 1 unspecified atom stereocenters. The van der Waals surface area contributed by atoms with E-state index in [9.17, 15) is 4.79 Å². The zero-order valence-electron chi connectivity index (χ0n) is 15.0. The maximum absolute atomic E-state index is 10.1. The molecule has 0 aliphatic carbocycles. The van der Waals surface area contributed by atoms with E-state index in [1.54, 1.807) is 7.05 Å². The first-order chi connectivity index (χ1) is 10.4. The van der Waals surface area contributed by atoms with E-state index in [4.69, 9.17) is 9.47 Å². The van der Waals surface area contributed by atoms with Crippen molar-refractivity contribution < 1.29 is 14.3 Å². The van der Waals surface area contributed by atoms with Crippen LogP contribution in [-0.2, 0) is 9.47 Å². The van der Waals surface area contributed by atoms with E-state index in [1.165, 1.54) is 12.8 Å². The molecule has 0 bridgehead atoms. The second kappa shape index (κ2) is 13.2. The van der Waals surface area contributed by atoms with Gasteiger partial charge in [-0.1, -0.05) is 20.8 Å². The Labute approximate surface area is 138 Å². The fraction of sp³-hybridized carbons (Fsp3) is 0.938. The molecule has 1 heterocycles. The third-order valence-corrected chi connectivity index (χ3v) is 4.03. The highest BCUT2D eigenvalue weighted by molar-refractivity contribution is 7.56. The van der Waals surface area contributed by atoms with Crippen LogP contribution in [0.5, 0.6) is 0 Å². The molecule has 6 heteroatoms. The Kier molecular flexibility index (Phi) is 13.1. The van der Waals surface area contributed by atoms with Crippen LogP contribution in [0.2, 0.25) is 0 Å². The van der Waals surface area contributed by atoms with E-state index in [0.29, 0.717) is 14.0 Å². The minimum Gasteiger partial charge on any atom is -0.380 e. The maximum atomic E-state index is 10.1. The predicted molar refractivity (Wildman–Crippen MR) is 95.5 cm³/mol. The molecule has 0 aromatic rings. The van der Waals surface area contributed by atoms with Crippen molar-refractivity contribution in [2.45, 2.75) is 33.6 Å². The first kappa shape index (κ1) is 21.8. The molecule has 1 amide bonds. The van der Waals surface area contributed by atoms with Crippen LogP contribution in [0.4, 0.5) is 4.79 Å². The zero-order valence-corrected chi connectivity index (χ0v) is 16.0. The minimum absolute atomic E-state index is 0.120. The normalized spacial score (nSPS) is 16.4. The lowest BCUT2D eigenvalue weighted by molar-refractivity contribution is 0.0194. The van der Waals surface area contributed by atoms with Crippen LogP contribution in [0.3, 0.4) is 0 Å². The number of hydrogen-bond donors (Lipinski definition) is 1. The summed E-state index contributed by atoms with van der Waals surface area (Å²) in [5.41, 5.74) is 0.558. The fourth-order valence-electron chi connectivity index (χ4n) is 1.95. The van der Waals surface area contributed by atoms with Gasteiger partial charge in [-0.15, -0.1) is 0 Å². The molecular formula is C16H35N2O3P. The van der Waals surface area contributed by atoms with E-state index in [1.807, 2.05) is 6.66 Å². The Bertz CT molecular complexity index is 271. The molecule has 1 saturated heterocycles. The van der Waals surface area contributed by atoms with Gasteiger partial charge in [0.2, 0.25) is 5.65 Å². The van der Waals surface area contributed by atoms with E-state index in [2.05, 4.69) is 31.0 Å². The number of carbonyl (C=O) groups is 1. The highest BCUT2D eigenvalue weighted by Gasteiger charge is 2.10. The van der Waals surface area contributed by atoms with Crippen molar-refractivity contribution in [2.24, 2.45) is 5.41 Å². The van der Waals surface area contributed by atoms with Crippen molar-refractivity contribution in [3.8, 4) is 0 Å². The summed E-state index contributed by atoms with van der Waals surface area (Å²) in [7, 11) is 2.02. The number of nitrogens with zero attached hydrogens (tertiary/aromatic N) is 1. The standard InChI is InChI=1S/C13H27NO2.C3H8NOP/c1-13(2,3)5-4-9-15-10-6-14-7-11-16-12-8-14;1-4-3(5)6-2/h4-12H2,1-3H3;6H,1-2H3,(H,4,5). The number of nitrogens with one attached hydrogen (secondary N) is 1. The van der Waals surface area contributed by atoms with Crippen molar-refractivity contribution in [1.82, 2.24) is 10.2 Å². The number of morpholine rings is 1. The van der Waals surface area contributed by atoms with Gasteiger partial charge in [0.15, 0.2) is 0 Å². The Balaban J connectivity index is 0.000000626. The zero-order chi connectivity index (χ0) is 16.8. The second-order valence-electron chi connectivity index (χ2n) is 6.56. The molecule has 1 fully saturated rings. The van der Waals surface area contributed by atoms with Crippen molar-refractivity contribution in [3.63, 3.8) is 0 Å². The lowest BCUT2D eigenvalue weighted by atomic mass is 9.91. The SMILES string of the molecule is CC(C)(C)CCCOCCN1CCOCC1.CNC(=O)PC. The fourth-order valence-corrected chi connectivity index (χ4v) is 2.20. The van der Waals surface area contributed by atoms with Crippen molar-refractivity contribution in [3.05, 3.63) is 0 Å². The quantitative estimate of drug-likeness (QED) is 0.574. The van der Waals surface area contributed by atoms with Gasteiger partial charge in [0.25, 0.3) is 0 Å². The van der Waals surface area contributed by atoms with Gasteiger partial charge in [-0.3, -0.25) is 9.69 Å². The summed E-state index contributed by atoms with van der Waals surface area (Å²) in [4.78, 5) is 12.5. The van der Waals surface area contributed by atoms with Crippen LogP contribution in [-0.4, -0.2) is 70.3 Å². The lowest BCUT2D eigenvalue weighted by Gasteiger charge is -2.26. The van der Waals surface area contributed by atoms with Gasteiger partial charge >= 0.3 is 0 Å². The van der Waals surface area contributed by atoms with Gasteiger partial charge < -0.3 is 14.8 Å². The molecule has 0 radical (unpaired) electrons. The second-order valence-corrected chi connectivity index (χ2v) is 7.51. The third kappa shape index (κ3) is 14.7. The highest BCUT2D eigenvalue weighted by atomic mass is 31.1. The summed E-state index contributed by atoms with van der Waals surface area (Å²) in [6.45, 7) is 15.4. The Morgan fingerprint density at radius 1 is 1.27 bits per heavy atom. The summed E-state index contributed by atoms with van der Waals surface area (Å²) < 4.78 is 10.9. The molecule has 1 rings (SSSR count). The number of carbonyl (C=O) groups excluding carboxylic acids is 1. The molecule has 22 heavy (non-hydrogen) atoms. The average Bonchev–Trinajstić information content (AvgIpc) is 2.50. The van der Waals surface area contributed by atoms with Gasteiger partial charge in [-0.2, -0.15) is 0 Å². The first-order valence-corrected chi connectivity index (χ1v) is 9.66. The summed E-state index contributed by atoms with van der Waals surface area (Å²) in [6.07, 6.45) is 2.41. The van der Waals surface area contributed by atoms with E-state index in [0.717, 1.165) is 46.1 Å². The first-order valence-electron chi connectivity index (χ1n) is 8.16. The van der Waals surface area contributed by atoms with Gasteiger partial charge in [-0.05, 0) is 33.5 Å². The van der Waals surface area contributed by atoms with Crippen LogP contribution in [0.1, 0.15) is 33.6 Å². The van der Waals surface area contributed by atoms with Gasteiger partial charge in [0, 0.05) is 33.3 Å². The molecule has 0 aromatic heterocycles. The van der Waals surface area contributed by atoms with Crippen LogP contribution in [0, 0.1) is 5.41 Å². The van der Waals surface area contributed by atoms with Gasteiger partial charge in [-0.25, -0.2) is 0 Å². The van der Waals surface area contributed by atoms with Crippen molar-refractivity contribution in [2.75, 3.05) is 59.8 Å². The van der Waals surface area contributed by atoms with Gasteiger partial charge in [0.05, 0.1) is 19.8 Å². The monoisotopic (exact) mass is 334 g/mol. The molecule has 1 N–H and O–H groups in total. The van der Waals surface area contributed by atoms with E-state index >= 15 is 0 Å². The molecule has 0 spiro atoms. The van der Waals surface area contributed by atoms with E-state index < -0.39 is 0 Å². The third-order valence-electron chi connectivity index (χ3n) is 3.33. The summed E-state index contributed by atoms with van der Waals surface area (Å²) in [6, 6.07) is 0. The molecule has 1 aliphatic rings. The Morgan fingerprint density at radius 2 is 1.91 bits per heavy atom. The molecule has 5 nitrogen and oxygen atoms in total. The molecule has 132 valence electrons. The van der Waals surface area contributed by atoms with Crippen LogP contribution in [0.25, 0.3) is 0 Å². The van der Waals surface area contributed by atoms with Gasteiger partial charge in [0.1, 0.15) is 0 Å². The average molecular weight is 334 g/mol. The predicted octanol–water partition coefficient (Wildman–Crippen LogP) is 2.80. The van der Waals surface area contributed by atoms with E-state index in [-0.39, 0.29) is 5.65 Å². The summed E-state index contributed by atoms with van der Waals surface area (Å²) >= 11 is 0. The van der Waals surface area contributed by atoms with Crippen LogP contribution >= 0.6 is 8.58 Å². The number of amides is 1. The highest BCUT2D eigenvalue weighted by Crippen LogP contribution is 2.20. The number of ether oxygens (including phenoxy) is 2. The van der Waals surface area contributed by atoms with Crippen molar-refractivity contribution >= 4 is 14.2 Å². The summed E-state index contributed by atoms with van der Waals surface area (Å²) in [5, 5.41) is 2.49. The maximum Gasteiger partial charge on any atom is 0.237 e. The number of rotatable bonds is 7. The van der Waals surface area contributed by atoms with Crippen LogP contribution < -0.4 is 5.32 Å². The Morgan fingerprint density at radius 3 is 2.36 bits per heavy atom. The smallest absolute Gasteiger partial charge is 0.237 e.